The SMILES string of the molecule is C=CC[C@]1(C(=O)NNCc2cccc(F)c2)N=C(c2ccc(OCCCO)cc2)O[C@H]1c1cccc(OC)c1. The zero-order chi connectivity index (χ0) is 27.7. The van der Waals surface area contributed by atoms with Crippen molar-refractivity contribution in [3.05, 3.63) is 108 Å². The number of hydrazine groups is 1. The van der Waals surface area contributed by atoms with Crippen LogP contribution in [-0.4, -0.2) is 42.8 Å². The molecule has 2 atom stereocenters. The van der Waals surface area contributed by atoms with E-state index in [-0.39, 0.29) is 25.4 Å². The van der Waals surface area contributed by atoms with Gasteiger partial charge in [-0.05, 0) is 59.7 Å². The Labute approximate surface area is 227 Å². The van der Waals surface area contributed by atoms with Gasteiger partial charge in [-0.25, -0.2) is 14.8 Å². The van der Waals surface area contributed by atoms with Crippen molar-refractivity contribution < 1.29 is 28.5 Å². The van der Waals surface area contributed by atoms with Gasteiger partial charge in [0, 0.05) is 31.6 Å². The zero-order valence-electron chi connectivity index (χ0n) is 21.7. The fourth-order valence-electron chi connectivity index (χ4n) is 4.32. The second-order valence-corrected chi connectivity index (χ2v) is 9.00. The molecule has 0 saturated heterocycles. The molecule has 1 amide bonds. The van der Waals surface area contributed by atoms with Gasteiger partial charge in [0.25, 0.3) is 5.91 Å². The van der Waals surface area contributed by atoms with Crippen molar-refractivity contribution in [2.24, 2.45) is 4.99 Å². The lowest BCUT2D eigenvalue weighted by molar-refractivity contribution is -0.129. The van der Waals surface area contributed by atoms with Crippen molar-refractivity contribution in [2.45, 2.75) is 31.0 Å². The summed E-state index contributed by atoms with van der Waals surface area (Å²) in [5.41, 5.74) is 6.29. The maximum Gasteiger partial charge on any atom is 0.266 e. The summed E-state index contributed by atoms with van der Waals surface area (Å²) in [6.07, 6.45) is 1.57. The monoisotopic (exact) mass is 533 g/mol. The number of aliphatic hydroxyl groups is 1. The fraction of sp³-hybridized carbons (Fsp3) is 0.267. The summed E-state index contributed by atoms with van der Waals surface area (Å²) in [5.74, 6) is 0.778. The smallest absolute Gasteiger partial charge is 0.266 e. The van der Waals surface area contributed by atoms with E-state index in [1.807, 2.05) is 24.3 Å². The van der Waals surface area contributed by atoms with Crippen LogP contribution in [0.3, 0.4) is 0 Å². The molecule has 3 aromatic rings. The second kappa shape index (κ2) is 13.0. The highest BCUT2D eigenvalue weighted by molar-refractivity contribution is 6.01. The molecule has 4 rings (SSSR count). The van der Waals surface area contributed by atoms with Gasteiger partial charge >= 0.3 is 0 Å². The Morgan fingerprint density at radius 3 is 2.67 bits per heavy atom. The second-order valence-electron chi connectivity index (χ2n) is 9.00. The first-order valence-corrected chi connectivity index (χ1v) is 12.6. The van der Waals surface area contributed by atoms with Gasteiger partial charge in [-0.15, -0.1) is 6.58 Å². The summed E-state index contributed by atoms with van der Waals surface area (Å²) in [7, 11) is 1.57. The number of ether oxygens (including phenoxy) is 3. The van der Waals surface area contributed by atoms with Gasteiger partial charge in [0.2, 0.25) is 5.90 Å². The Morgan fingerprint density at radius 1 is 1.15 bits per heavy atom. The van der Waals surface area contributed by atoms with E-state index in [2.05, 4.69) is 17.4 Å². The number of hydrogen-bond donors (Lipinski definition) is 3. The van der Waals surface area contributed by atoms with Crippen LogP contribution in [0, 0.1) is 5.82 Å². The molecule has 0 aromatic heterocycles. The number of methoxy groups -OCH3 is 1. The van der Waals surface area contributed by atoms with Crippen LogP contribution in [0.2, 0.25) is 0 Å². The van der Waals surface area contributed by atoms with Gasteiger partial charge < -0.3 is 19.3 Å². The molecule has 1 aliphatic heterocycles. The summed E-state index contributed by atoms with van der Waals surface area (Å²) in [4.78, 5) is 18.6. The van der Waals surface area contributed by atoms with Crippen LogP contribution in [0.5, 0.6) is 11.5 Å². The third kappa shape index (κ3) is 6.63. The lowest BCUT2D eigenvalue weighted by Gasteiger charge is -2.29. The van der Waals surface area contributed by atoms with E-state index in [9.17, 15) is 9.18 Å². The number of rotatable bonds is 13. The van der Waals surface area contributed by atoms with Crippen LogP contribution < -0.4 is 20.3 Å². The maximum absolute atomic E-state index is 13.8. The number of halogens is 1. The Kier molecular flexibility index (Phi) is 9.30. The first-order chi connectivity index (χ1) is 19.0. The first-order valence-electron chi connectivity index (χ1n) is 12.6. The van der Waals surface area contributed by atoms with E-state index < -0.39 is 17.6 Å². The Balaban J connectivity index is 1.63. The highest BCUT2D eigenvalue weighted by Crippen LogP contribution is 2.43. The molecular weight excluding hydrogens is 501 g/mol. The summed E-state index contributed by atoms with van der Waals surface area (Å²) < 4.78 is 31.0. The molecule has 0 unspecified atom stereocenters. The number of amides is 1. The molecular formula is C30H32FN3O5. The molecule has 1 aliphatic rings. The average Bonchev–Trinajstić information content (AvgIpc) is 3.34. The van der Waals surface area contributed by atoms with E-state index in [1.165, 1.54) is 12.1 Å². The average molecular weight is 534 g/mol. The Bertz CT molecular complexity index is 1310. The predicted octanol–water partition coefficient (Wildman–Crippen LogP) is 4.25. The Hall–Kier alpha value is -4.21. The quantitative estimate of drug-likeness (QED) is 0.173. The lowest BCUT2D eigenvalue weighted by Crippen LogP contribution is -2.52. The molecule has 0 saturated carbocycles. The van der Waals surface area contributed by atoms with E-state index in [0.29, 0.717) is 47.1 Å². The van der Waals surface area contributed by atoms with Crippen LogP contribution in [-0.2, 0) is 16.1 Å². The third-order valence-corrected chi connectivity index (χ3v) is 6.27. The van der Waals surface area contributed by atoms with Gasteiger partial charge in [-0.1, -0.05) is 30.3 Å². The van der Waals surface area contributed by atoms with Crippen molar-refractivity contribution in [1.29, 1.82) is 0 Å². The number of nitrogens with zero attached hydrogens (tertiary/aromatic N) is 1. The minimum absolute atomic E-state index is 0.0545. The van der Waals surface area contributed by atoms with Crippen molar-refractivity contribution in [3.8, 4) is 11.5 Å². The lowest BCUT2D eigenvalue weighted by atomic mass is 9.84. The number of aliphatic imine (C=N–C) groups is 1. The highest BCUT2D eigenvalue weighted by Gasteiger charge is 2.52. The molecule has 0 fully saturated rings. The van der Waals surface area contributed by atoms with Crippen LogP contribution in [0.25, 0.3) is 0 Å². The molecule has 39 heavy (non-hydrogen) atoms. The summed E-state index contributed by atoms with van der Waals surface area (Å²) in [6.45, 7) is 4.54. The van der Waals surface area contributed by atoms with Gasteiger partial charge in [0.1, 0.15) is 17.3 Å². The molecule has 0 bridgehead atoms. The fourth-order valence-corrected chi connectivity index (χ4v) is 4.32. The Morgan fingerprint density at radius 2 is 1.95 bits per heavy atom. The van der Waals surface area contributed by atoms with E-state index in [1.54, 1.807) is 49.6 Å². The summed E-state index contributed by atoms with van der Waals surface area (Å²) in [5, 5.41) is 8.96. The van der Waals surface area contributed by atoms with Crippen molar-refractivity contribution in [3.63, 3.8) is 0 Å². The van der Waals surface area contributed by atoms with Gasteiger partial charge in [-0.2, -0.15) is 0 Å². The van der Waals surface area contributed by atoms with Crippen molar-refractivity contribution >= 4 is 11.8 Å². The van der Waals surface area contributed by atoms with Gasteiger partial charge in [0.15, 0.2) is 11.6 Å². The largest absolute Gasteiger partial charge is 0.497 e. The molecule has 0 spiro atoms. The summed E-state index contributed by atoms with van der Waals surface area (Å²) in [6, 6.07) is 20.6. The van der Waals surface area contributed by atoms with E-state index in [0.717, 1.165) is 0 Å². The van der Waals surface area contributed by atoms with Crippen LogP contribution in [0.1, 0.15) is 35.6 Å². The van der Waals surface area contributed by atoms with Crippen molar-refractivity contribution in [1.82, 2.24) is 10.9 Å². The molecule has 3 aromatic carbocycles. The zero-order valence-corrected chi connectivity index (χ0v) is 21.7. The summed E-state index contributed by atoms with van der Waals surface area (Å²) >= 11 is 0. The standard InChI is InChI=1S/C30H32FN3O5/c1-3-15-30(29(36)34-32-20-21-7-4-9-24(31)18-21)27(23-8-5-10-26(19-23)37-2)39-28(33-30)22-11-13-25(14-12-22)38-17-6-16-35/h3-5,7-14,18-19,27,32,35H,1,6,15-17,20H2,2H3,(H,34,36)/t27-,30-/m0/s1. The molecule has 9 heteroatoms. The minimum Gasteiger partial charge on any atom is -0.497 e. The predicted molar refractivity (Wildman–Crippen MR) is 146 cm³/mol. The molecule has 8 nitrogen and oxygen atoms in total. The number of hydrogen-bond acceptors (Lipinski definition) is 7. The first kappa shape index (κ1) is 27.8. The number of carbonyl (C=O) groups is 1. The highest BCUT2D eigenvalue weighted by atomic mass is 19.1. The minimum atomic E-state index is -1.38. The van der Waals surface area contributed by atoms with Gasteiger partial charge in [-0.3, -0.25) is 10.2 Å². The van der Waals surface area contributed by atoms with Crippen LogP contribution >= 0.6 is 0 Å². The molecule has 0 radical (unpaired) electrons. The van der Waals surface area contributed by atoms with Crippen molar-refractivity contribution in [2.75, 3.05) is 20.3 Å². The normalized spacial score (nSPS) is 18.1. The van der Waals surface area contributed by atoms with E-state index >= 15 is 0 Å². The number of benzene rings is 3. The molecule has 204 valence electrons. The van der Waals surface area contributed by atoms with E-state index in [4.69, 9.17) is 24.3 Å². The number of nitrogens with one attached hydrogen (secondary N) is 2. The topological polar surface area (TPSA) is 101 Å². The number of aliphatic hydroxyl groups excluding tert-OH is 1. The van der Waals surface area contributed by atoms with Crippen LogP contribution in [0.4, 0.5) is 4.39 Å². The molecule has 1 heterocycles. The maximum atomic E-state index is 13.8. The molecule has 0 aliphatic carbocycles. The van der Waals surface area contributed by atoms with Gasteiger partial charge in [0.05, 0.1) is 13.7 Å². The number of carbonyl (C=O) groups excluding carboxylic acids is 1. The third-order valence-electron chi connectivity index (χ3n) is 6.27. The van der Waals surface area contributed by atoms with Crippen LogP contribution in [0.15, 0.2) is 90.4 Å². The molecule has 3 N–H and O–H groups in total.